The Balaban J connectivity index is 0.000000379. The Morgan fingerprint density at radius 1 is 1.00 bits per heavy atom. The lowest BCUT2D eigenvalue weighted by molar-refractivity contribution is -0.159. The van der Waals surface area contributed by atoms with Gasteiger partial charge < -0.3 is 15.9 Å². The normalized spacial score (nSPS) is 13.6. The molecule has 0 saturated heterocycles. The van der Waals surface area contributed by atoms with E-state index in [1.54, 1.807) is 5.56 Å². The summed E-state index contributed by atoms with van der Waals surface area (Å²) in [5.41, 5.74) is 8.57. The Labute approximate surface area is 136 Å². The van der Waals surface area contributed by atoms with Gasteiger partial charge in [0, 0.05) is 13.1 Å². The Morgan fingerprint density at radius 2 is 1.61 bits per heavy atom. The molecule has 1 aliphatic heterocycles. The molecule has 0 saturated carbocycles. The number of unbranched alkanes of at least 4 members (excludes halogenated alkanes) is 3. The number of carboxylic acids is 2. The number of benzene rings is 1. The maximum atomic E-state index is 9.10. The van der Waals surface area contributed by atoms with E-state index in [4.69, 9.17) is 25.5 Å². The minimum Gasteiger partial charge on any atom is -0.473 e. The minimum absolute atomic E-state index is 0.844. The van der Waals surface area contributed by atoms with Crippen LogP contribution in [-0.4, -0.2) is 46.7 Å². The average molecular weight is 322 g/mol. The highest BCUT2D eigenvalue weighted by atomic mass is 16.4. The zero-order valence-corrected chi connectivity index (χ0v) is 13.4. The van der Waals surface area contributed by atoms with Crippen LogP contribution in [-0.2, 0) is 22.6 Å². The molecular weight excluding hydrogens is 296 g/mol. The van der Waals surface area contributed by atoms with Gasteiger partial charge in [-0.05, 0) is 43.5 Å². The Kier molecular flexibility index (Phi) is 8.94. The van der Waals surface area contributed by atoms with Crippen LogP contribution in [0.1, 0.15) is 36.8 Å². The lowest BCUT2D eigenvalue weighted by Crippen LogP contribution is -2.31. The fourth-order valence-electron chi connectivity index (χ4n) is 2.58. The van der Waals surface area contributed by atoms with Crippen LogP contribution in [0.2, 0.25) is 0 Å². The van der Waals surface area contributed by atoms with Crippen molar-refractivity contribution < 1.29 is 19.8 Å². The summed E-state index contributed by atoms with van der Waals surface area (Å²) in [6.07, 6.45) is 6.35. The van der Waals surface area contributed by atoms with E-state index in [2.05, 4.69) is 29.2 Å². The van der Waals surface area contributed by atoms with Gasteiger partial charge in [0.1, 0.15) is 0 Å². The molecule has 0 fully saturated rings. The second-order valence-corrected chi connectivity index (χ2v) is 5.61. The lowest BCUT2D eigenvalue weighted by Gasteiger charge is -2.28. The fraction of sp³-hybridized carbons (Fsp3) is 0.529. The molecule has 0 atom stereocenters. The molecule has 0 aliphatic carbocycles. The number of hydrogen-bond donors (Lipinski definition) is 3. The first-order valence-electron chi connectivity index (χ1n) is 8.00. The lowest BCUT2D eigenvalue weighted by atomic mass is 10.00. The van der Waals surface area contributed by atoms with Gasteiger partial charge in [-0.2, -0.15) is 0 Å². The number of aliphatic carboxylic acids is 2. The molecule has 0 bridgehead atoms. The van der Waals surface area contributed by atoms with Crippen molar-refractivity contribution >= 4 is 11.9 Å². The van der Waals surface area contributed by atoms with Crippen molar-refractivity contribution in [3.8, 4) is 0 Å². The largest absolute Gasteiger partial charge is 0.473 e. The first-order valence-corrected chi connectivity index (χ1v) is 8.00. The SMILES string of the molecule is NCCCCCCN1CCc2ccccc2C1.O=C(O)C(=O)O. The summed E-state index contributed by atoms with van der Waals surface area (Å²) < 4.78 is 0. The second kappa shape index (κ2) is 10.7. The molecule has 6 nitrogen and oxygen atoms in total. The summed E-state index contributed by atoms with van der Waals surface area (Å²) in [4.78, 5) is 20.8. The minimum atomic E-state index is -1.82. The summed E-state index contributed by atoms with van der Waals surface area (Å²) in [7, 11) is 0. The smallest absolute Gasteiger partial charge is 0.414 e. The highest BCUT2D eigenvalue weighted by Crippen LogP contribution is 2.18. The number of nitrogens with two attached hydrogens (primary N) is 1. The van der Waals surface area contributed by atoms with E-state index in [-0.39, 0.29) is 0 Å². The van der Waals surface area contributed by atoms with Crippen molar-refractivity contribution in [2.24, 2.45) is 5.73 Å². The Hall–Kier alpha value is -1.92. The Morgan fingerprint density at radius 3 is 2.22 bits per heavy atom. The van der Waals surface area contributed by atoms with Crippen LogP contribution >= 0.6 is 0 Å². The van der Waals surface area contributed by atoms with Crippen molar-refractivity contribution in [3.63, 3.8) is 0 Å². The molecule has 128 valence electrons. The van der Waals surface area contributed by atoms with E-state index in [0.29, 0.717) is 0 Å². The van der Waals surface area contributed by atoms with Crippen LogP contribution < -0.4 is 5.73 Å². The zero-order valence-electron chi connectivity index (χ0n) is 13.4. The average Bonchev–Trinajstić information content (AvgIpc) is 2.55. The molecule has 4 N–H and O–H groups in total. The van der Waals surface area contributed by atoms with Gasteiger partial charge in [-0.15, -0.1) is 0 Å². The van der Waals surface area contributed by atoms with E-state index in [9.17, 15) is 0 Å². The molecule has 0 spiro atoms. The summed E-state index contributed by atoms with van der Waals surface area (Å²) in [6.45, 7) is 4.47. The predicted molar refractivity (Wildman–Crippen MR) is 88.2 cm³/mol. The van der Waals surface area contributed by atoms with Crippen LogP contribution in [0, 0.1) is 0 Å². The molecule has 0 radical (unpaired) electrons. The molecule has 0 amide bonds. The molecule has 0 aromatic heterocycles. The molecule has 1 heterocycles. The topological polar surface area (TPSA) is 104 Å². The van der Waals surface area contributed by atoms with Crippen LogP contribution in [0.3, 0.4) is 0 Å². The van der Waals surface area contributed by atoms with Gasteiger partial charge in [0.2, 0.25) is 0 Å². The first kappa shape index (κ1) is 19.1. The maximum Gasteiger partial charge on any atom is 0.414 e. The molecule has 1 aromatic carbocycles. The van der Waals surface area contributed by atoms with Gasteiger partial charge in [0.25, 0.3) is 0 Å². The van der Waals surface area contributed by atoms with Crippen LogP contribution in [0.4, 0.5) is 0 Å². The Bertz CT molecular complexity index is 493. The summed E-state index contributed by atoms with van der Waals surface area (Å²) in [5, 5.41) is 14.8. The van der Waals surface area contributed by atoms with Gasteiger partial charge >= 0.3 is 11.9 Å². The number of carboxylic acid groups (broad SMARTS) is 2. The molecule has 1 aliphatic rings. The standard InChI is InChI=1S/C15H24N2.C2H2O4/c16-10-5-1-2-6-11-17-12-9-14-7-3-4-8-15(14)13-17;3-1(4)2(5)6/h3-4,7-8H,1-2,5-6,9-13,16H2;(H,3,4)(H,5,6). The monoisotopic (exact) mass is 322 g/mol. The number of nitrogens with zero attached hydrogens (tertiary/aromatic N) is 1. The number of fused-ring (bicyclic) bond motifs is 1. The van der Waals surface area contributed by atoms with Crippen LogP contribution in [0.25, 0.3) is 0 Å². The van der Waals surface area contributed by atoms with Crippen molar-refractivity contribution in [2.45, 2.75) is 38.6 Å². The zero-order chi connectivity index (χ0) is 17.1. The van der Waals surface area contributed by atoms with Crippen molar-refractivity contribution in [1.29, 1.82) is 0 Å². The number of rotatable bonds is 6. The third-order valence-electron chi connectivity index (χ3n) is 3.82. The number of carbonyl (C=O) groups is 2. The van der Waals surface area contributed by atoms with E-state index in [1.807, 2.05) is 0 Å². The predicted octanol–water partition coefficient (Wildman–Crippen LogP) is 1.72. The molecule has 0 unspecified atom stereocenters. The molecule has 23 heavy (non-hydrogen) atoms. The van der Waals surface area contributed by atoms with Gasteiger partial charge in [0.15, 0.2) is 0 Å². The molecule has 6 heteroatoms. The summed E-state index contributed by atoms with van der Waals surface area (Å²) >= 11 is 0. The second-order valence-electron chi connectivity index (χ2n) is 5.61. The summed E-state index contributed by atoms with van der Waals surface area (Å²) in [5.74, 6) is -3.65. The highest BCUT2D eigenvalue weighted by molar-refractivity contribution is 6.27. The van der Waals surface area contributed by atoms with Gasteiger partial charge in [-0.25, -0.2) is 9.59 Å². The van der Waals surface area contributed by atoms with Gasteiger partial charge in [0.05, 0.1) is 0 Å². The third kappa shape index (κ3) is 7.76. The van der Waals surface area contributed by atoms with E-state index in [0.717, 1.165) is 13.1 Å². The first-order chi connectivity index (χ1) is 11.0. The van der Waals surface area contributed by atoms with Crippen molar-refractivity contribution in [1.82, 2.24) is 4.90 Å². The summed E-state index contributed by atoms with van der Waals surface area (Å²) in [6, 6.07) is 8.86. The fourth-order valence-corrected chi connectivity index (χ4v) is 2.58. The quantitative estimate of drug-likeness (QED) is 0.544. The molecule has 1 aromatic rings. The van der Waals surface area contributed by atoms with Crippen LogP contribution in [0.5, 0.6) is 0 Å². The molecule has 2 rings (SSSR count). The van der Waals surface area contributed by atoms with Gasteiger partial charge in [-0.3, -0.25) is 4.90 Å². The third-order valence-corrected chi connectivity index (χ3v) is 3.82. The molecular formula is C17H26N2O4. The number of hydrogen-bond acceptors (Lipinski definition) is 4. The van der Waals surface area contributed by atoms with Crippen molar-refractivity contribution in [3.05, 3.63) is 35.4 Å². The van der Waals surface area contributed by atoms with E-state index >= 15 is 0 Å². The maximum absolute atomic E-state index is 9.10. The highest BCUT2D eigenvalue weighted by Gasteiger charge is 2.14. The van der Waals surface area contributed by atoms with Gasteiger partial charge in [-0.1, -0.05) is 37.1 Å². The van der Waals surface area contributed by atoms with E-state index in [1.165, 1.54) is 50.8 Å². The van der Waals surface area contributed by atoms with Crippen molar-refractivity contribution in [2.75, 3.05) is 19.6 Å². The van der Waals surface area contributed by atoms with Crippen LogP contribution in [0.15, 0.2) is 24.3 Å². The van der Waals surface area contributed by atoms with E-state index < -0.39 is 11.9 Å².